The van der Waals surface area contributed by atoms with E-state index in [2.05, 4.69) is 15.6 Å². The predicted molar refractivity (Wildman–Crippen MR) is 123 cm³/mol. The summed E-state index contributed by atoms with van der Waals surface area (Å²) < 4.78 is 42.1. The molecule has 1 rings (SSSR count). The molecule has 10 heteroatoms. The number of nitrogens with zero attached hydrogens (tertiary/aromatic N) is 2. The topological polar surface area (TPSA) is 66.0 Å². The molecule has 30 heavy (non-hydrogen) atoms. The summed E-state index contributed by atoms with van der Waals surface area (Å²) >= 11 is 0. The molecule has 2 N–H and O–H groups in total. The van der Waals surface area contributed by atoms with E-state index in [1.165, 1.54) is 4.90 Å². The Labute approximate surface area is 193 Å². The SMILES string of the molecule is CCNC(=NCc1ccc(CN(C)C(=O)OC(C)(C)C)cc1)NCCC(F)(F)F.I. The largest absolute Gasteiger partial charge is 0.444 e. The zero-order valence-electron chi connectivity index (χ0n) is 18.1. The maximum Gasteiger partial charge on any atom is 0.410 e. The van der Waals surface area contributed by atoms with Crippen LogP contribution in [0.2, 0.25) is 0 Å². The number of amides is 1. The van der Waals surface area contributed by atoms with Gasteiger partial charge in [0.25, 0.3) is 0 Å². The minimum Gasteiger partial charge on any atom is -0.444 e. The molecule has 1 aromatic carbocycles. The van der Waals surface area contributed by atoms with E-state index in [9.17, 15) is 18.0 Å². The fourth-order valence-electron chi connectivity index (χ4n) is 2.26. The normalized spacial score (nSPS) is 12.1. The van der Waals surface area contributed by atoms with Crippen molar-refractivity contribution >= 4 is 36.0 Å². The molecule has 0 heterocycles. The van der Waals surface area contributed by atoms with Gasteiger partial charge in [-0.05, 0) is 38.8 Å². The van der Waals surface area contributed by atoms with E-state index < -0.39 is 24.3 Å². The van der Waals surface area contributed by atoms with Gasteiger partial charge in [0.15, 0.2) is 5.96 Å². The van der Waals surface area contributed by atoms with Gasteiger partial charge in [-0.15, -0.1) is 24.0 Å². The van der Waals surface area contributed by atoms with Crippen molar-refractivity contribution in [2.75, 3.05) is 20.1 Å². The van der Waals surface area contributed by atoms with E-state index in [0.717, 1.165) is 11.1 Å². The molecule has 0 aliphatic rings. The van der Waals surface area contributed by atoms with Gasteiger partial charge in [0, 0.05) is 26.7 Å². The molecule has 0 aliphatic heterocycles. The van der Waals surface area contributed by atoms with Gasteiger partial charge in [0.2, 0.25) is 0 Å². The van der Waals surface area contributed by atoms with Crippen molar-refractivity contribution in [2.24, 2.45) is 4.99 Å². The Morgan fingerprint density at radius 2 is 1.67 bits per heavy atom. The van der Waals surface area contributed by atoms with Gasteiger partial charge < -0.3 is 20.3 Å². The molecule has 6 nitrogen and oxygen atoms in total. The number of halogens is 4. The van der Waals surface area contributed by atoms with Crippen LogP contribution in [0, 0.1) is 0 Å². The first kappa shape index (κ1) is 28.3. The van der Waals surface area contributed by atoms with Crippen molar-refractivity contribution in [3.63, 3.8) is 0 Å². The van der Waals surface area contributed by atoms with Crippen LogP contribution in [0.4, 0.5) is 18.0 Å². The molecule has 0 aliphatic carbocycles. The number of carbonyl (C=O) groups excluding carboxylic acids is 1. The van der Waals surface area contributed by atoms with E-state index in [-0.39, 0.29) is 30.5 Å². The second-order valence-electron chi connectivity index (χ2n) is 7.64. The fraction of sp³-hybridized carbons (Fsp3) is 0.600. The van der Waals surface area contributed by atoms with Crippen molar-refractivity contribution in [3.05, 3.63) is 35.4 Å². The minimum atomic E-state index is -4.20. The van der Waals surface area contributed by atoms with Crippen LogP contribution in [0.1, 0.15) is 45.2 Å². The third-order valence-electron chi connectivity index (χ3n) is 3.61. The molecule has 0 saturated heterocycles. The van der Waals surface area contributed by atoms with Crippen LogP contribution >= 0.6 is 24.0 Å². The van der Waals surface area contributed by atoms with E-state index in [1.807, 2.05) is 52.0 Å². The summed E-state index contributed by atoms with van der Waals surface area (Å²) in [6, 6.07) is 7.52. The van der Waals surface area contributed by atoms with E-state index in [4.69, 9.17) is 4.74 Å². The number of aliphatic imine (C=N–C) groups is 1. The van der Waals surface area contributed by atoms with Crippen LogP contribution in [0.15, 0.2) is 29.3 Å². The van der Waals surface area contributed by atoms with Gasteiger partial charge in [-0.2, -0.15) is 13.2 Å². The summed E-state index contributed by atoms with van der Waals surface area (Å²) in [6.45, 7) is 8.33. The number of ether oxygens (including phenoxy) is 1. The summed E-state index contributed by atoms with van der Waals surface area (Å²) in [5.74, 6) is 0.338. The van der Waals surface area contributed by atoms with E-state index in [1.54, 1.807) is 7.05 Å². The van der Waals surface area contributed by atoms with Crippen LogP contribution in [-0.2, 0) is 17.8 Å². The first-order valence-corrected chi connectivity index (χ1v) is 9.50. The number of nitrogens with one attached hydrogen (secondary N) is 2. The zero-order chi connectivity index (χ0) is 22.1. The molecule has 0 aromatic heterocycles. The highest BCUT2D eigenvalue weighted by atomic mass is 127. The summed E-state index contributed by atoms with van der Waals surface area (Å²) in [6.07, 6.45) is -5.52. The van der Waals surface area contributed by atoms with Crippen LogP contribution in [-0.4, -0.2) is 48.9 Å². The highest BCUT2D eigenvalue weighted by Crippen LogP contribution is 2.18. The van der Waals surface area contributed by atoms with Crippen molar-refractivity contribution in [1.82, 2.24) is 15.5 Å². The maximum atomic E-state index is 12.3. The molecule has 0 unspecified atom stereocenters. The Bertz CT molecular complexity index is 674. The third kappa shape index (κ3) is 12.8. The number of hydrogen-bond acceptors (Lipinski definition) is 3. The lowest BCUT2D eigenvalue weighted by Crippen LogP contribution is -2.38. The smallest absolute Gasteiger partial charge is 0.410 e. The van der Waals surface area contributed by atoms with Gasteiger partial charge in [0.05, 0.1) is 13.0 Å². The van der Waals surface area contributed by atoms with Crippen LogP contribution < -0.4 is 10.6 Å². The number of hydrogen-bond donors (Lipinski definition) is 2. The number of carbonyl (C=O) groups is 1. The second kappa shape index (κ2) is 12.9. The lowest BCUT2D eigenvalue weighted by Gasteiger charge is -2.24. The van der Waals surface area contributed by atoms with E-state index >= 15 is 0 Å². The Kier molecular flexibility index (Phi) is 12.1. The first-order chi connectivity index (χ1) is 13.4. The average Bonchev–Trinajstić information content (AvgIpc) is 2.58. The summed E-state index contributed by atoms with van der Waals surface area (Å²) in [5, 5.41) is 5.60. The van der Waals surface area contributed by atoms with Crippen molar-refractivity contribution < 1.29 is 22.7 Å². The molecule has 1 aromatic rings. The molecular weight excluding hydrogens is 512 g/mol. The Hall–Kier alpha value is -1.72. The molecule has 1 amide bonds. The monoisotopic (exact) mass is 544 g/mol. The second-order valence-corrected chi connectivity index (χ2v) is 7.64. The van der Waals surface area contributed by atoms with Gasteiger partial charge >= 0.3 is 12.3 Å². The standard InChI is InChI=1S/C20H31F3N4O2.HI/c1-6-24-17(25-12-11-20(21,22)23)26-13-15-7-9-16(10-8-15)14-27(5)18(28)29-19(2,3)4;/h7-10H,6,11-14H2,1-5H3,(H2,24,25,26);1H. The number of benzene rings is 1. The highest BCUT2D eigenvalue weighted by Gasteiger charge is 2.26. The average molecular weight is 544 g/mol. The van der Waals surface area contributed by atoms with Crippen molar-refractivity contribution in [3.8, 4) is 0 Å². The summed E-state index contributed by atoms with van der Waals surface area (Å²) in [7, 11) is 1.67. The van der Waals surface area contributed by atoms with E-state index in [0.29, 0.717) is 25.6 Å². The third-order valence-corrected chi connectivity index (χ3v) is 3.61. The minimum absolute atomic E-state index is 0. The molecule has 0 bridgehead atoms. The van der Waals surface area contributed by atoms with Crippen LogP contribution in [0.25, 0.3) is 0 Å². The highest BCUT2D eigenvalue weighted by molar-refractivity contribution is 14.0. The number of guanidine groups is 1. The Balaban J connectivity index is 0.00000841. The van der Waals surface area contributed by atoms with Gasteiger partial charge in [-0.3, -0.25) is 0 Å². The van der Waals surface area contributed by atoms with Gasteiger partial charge in [0.1, 0.15) is 5.60 Å². The predicted octanol–water partition coefficient (Wildman–Crippen LogP) is 4.68. The number of rotatable bonds is 7. The molecular formula is C20H32F3IN4O2. The molecule has 0 saturated carbocycles. The van der Waals surface area contributed by atoms with Crippen molar-refractivity contribution in [2.45, 2.75) is 59.0 Å². The van der Waals surface area contributed by atoms with Gasteiger partial charge in [-0.1, -0.05) is 24.3 Å². The molecule has 0 fully saturated rings. The number of alkyl halides is 3. The summed E-state index contributed by atoms with van der Waals surface area (Å²) in [4.78, 5) is 17.8. The molecule has 0 spiro atoms. The molecule has 0 atom stereocenters. The zero-order valence-corrected chi connectivity index (χ0v) is 20.4. The quantitative estimate of drug-likeness (QED) is 0.298. The van der Waals surface area contributed by atoms with Crippen LogP contribution in [0.5, 0.6) is 0 Å². The van der Waals surface area contributed by atoms with Crippen molar-refractivity contribution in [1.29, 1.82) is 0 Å². The fourth-order valence-corrected chi connectivity index (χ4v) is 2.26. The Morgan fingerprint density at radius 3 is 2.17 bits per heavy atom. The summed E-state index contributed by atoms with van der Waals surface area (Å²) in [5.41, 5.74) is 1.29. The Morgan fingerprint density at radius 1 is 1.10 bits per heavy atom. The van der Waals surface area contributed by atoms with Crippen LogP contribution in [0.3, 0.4) is 0 Å². The lowest BCUT2D eigenvalue weighted by atomic mass is 10.1. The first-order valence-electron chi connectivity index (χ1n) is 9.50. The van der Waals surface area contributed by atoms with Gasteiger partial charge in [-0.25, -0.2) is 9.79 Å². The maximum absolute atomic E-state index is 12.3. The molecule has 0 radical (unpaired) electrons. The lowest BCUT2D eigenvalue weighted by molar-refractivity contribution is -0.132. The molecule has 172 valence electrons.